The largest absolute Gasteiger partial charge is 0.477 e. The Bertz CT molecular complexity index is 172. The van der Waals surface area contributed by atoms with E-state index >= 15 is 0 Å². The van der Waals surface area contributed by atoms with E-state index in [4.69, 9.17) is 15.3 Å². The monoisotopic (exact) mass is 162 g/mol. The minimum atomic E-state index is -2.91. The van der Waals surface area contributed by atoms with Gasteiger partial charge in [-0.1, -0.05) is 6.92 Å². The van der Waals surface area contributed by atoms with E-state index in [1.807, 2.05) is 0 Å². The Morgan fingerprint density at radius 3 is 2.09 bits per heavy atom. The quantitative estimate of drug-likeness (QED) is 0.466. The van der Waals surface area contributed by atoms with E-state index in [-0.39, 0.29) is 6.42 Å². The van der Waals surface area contributed by atoms with Gasteiger partial charge in [-0.25, -0.2) is 4.79 Å². The summed E-state index contributed by atoms with van der Waals surface area (Å²) >= 11 is 0. The smallest absolute Gasteiger partial charge is 0.364 e. The lowest BCUT2D eigenvalue weighted by atomic mass is 10.1. The zero-order chi connectivity index (χ0) is 9.07. The lowest BCUT2D eigenvalue weighted by Gasteiger charge is -2.13. The number of carbonyl (C=O) groups is 2. The molecule has 0 radical (unpaired) electrons. The maximum absolute atomic E-state index is 10.5. The molecule has 0 saturated heterocycles. The van der Waals surface area contributed by atoms with Gasteiger partial charge in [0, 0.05) is 6.42 Å². The van der Waals surface area contributed by atoms with Crippen molar-refractivity contribution in [3.63, 3.8) is 0 Å². The molecular weight excluding hydrogens is 152 g/mol. The Kier molecular flexibility index (Phi) is 3.16. The summed E-state index contributed by atoms with van der Waals surface area (Å²) in [5.74, 6) is -5.22. The number of rotatable bonds is 4. The molecule has 0 aliphatic rings. The van der Waals surface area contributed by atoms with Gasteiger partial charge in [-0.15, -0.1) is 0 Å². The molecule has 3 N–H and O–H groups in total. The molecule has 5 nitrogen and oxygen atoms in total. The molecule has 0 unspecified atom stereocenters. The first-order valence-electron chi connectivity index (χ1n) is 3.10. The number of carboxylic acids is 1. The second kappa shape index (κ2) is 3.45. The van der Waals surface area contributed by atoms with E-state index in [9.17, 15) is 9.59 Å². The first-order valence-corrected chi connectivity index (χ1v) is 3.10. The van der Waals surface area contributed by atoms with E-state index in [1.54, 1.807) is 0 Å². The average molecular weight is 162 g/mol. The fourth-order valence-electron chi connectivity index (χ4n) is 0.476. The number of hydrogen-bond acceptors (Lipinski definition) is 4. The highest BCUT2D eigenvalue weighted by Crippen LogP contribution is 2.07. The second-order valence-corrected chi connectivity index (χ2v) is 2.19. The minimum absolute atomic E-state index is 0.0934. The Labute approximate surface area is 63.3 Å². The third-order valence-corrected chi connectivity index (χ3v) is 1.18. The van der Waals surface area contributed by atoms with Crippen LogP contribution in [0.2, 0.25) is 0 Å². The van der Waals surface area contributed by atoms with Gasteiger partial charge in [0.05, 0.1) is 6.42 Å². The molecule has 0 fully saturated rings. The highest BCUT2D eigenvalue weighted by atomic mass is 16.5. The third-order valence-electron chi connectivity index (χ3n) is 1.18. The molecule has 0 aromatic heterocycles. The summed E-state index contributed by atoms with van der Waals surface area (Å²) in [7, 11) is 0. The number of hydrogen-bond donors (Lipinski definition) is 3. The highest BCUT2D eigenvalue weighted by Gasteiger charge is 2.34. The van der Waals surface area contributed by atoms with Crippen molar-refractivity contribution in [1.82, 2.24) is 0 Å². The first kappa shape index (κ1) is 10.1. The molecule has 0 aromatic carbocycles. The molecule has 0 atom stereocenters. The molecule has 5 heteroatoms. The fraction of sp³-hybridized carbons (Fsp3) is 0.667. The Morgan fingerprint density at radius 2 is 1.82 bits per heavy atom. The standard InChI is InChI=1S/C6H10O5/c1-2-4(7)3-6(10,11)5(8)9/h10-11H,2-3H2,1H3,(H,8,9). The highest BCUT2D eigenvalue weighted by molar-refractivity contribution is 5.86. The summed E-state index contributed by atoms with van der Waals surface area (Å²) in [5, 5.41) is 25.4. The van der Waals surface area contributed by atoms with Crippen molar-refractivity contribution in [3.05, 3.63) is 0 Å². The van der Waals surface area contributed by atoms with Crippen molar-refractivity contribution in [1.29, 1.82) is 0 Å². The topological polar surface area (TPSA) is 94.8 Å². The lowest BCUT2D eigenvalue weighted by molar-refractivity contribution is -0.205. The molecule has 0 spiro atoms. The average Bonchev–Trinajstić information content (AvgIpc) is 1.86. The molecule has 0 aliphatic heterocycles. The molecule has 0 bridgehead atoms. The molecule has 0 saturated carbocycles. The van der Waals surface area contributed by atoms with Crippen molar-refractivity contribution in [3.8, 4) is 0 Å². The number of ketones is 1. The van der Waals surface area contributed by atoms with E-state index in [2.05, 4.69) is 0 Å². The van der Waals surface area contributed by atoms with Crippen LogP contribution in [0.15, 0.2) is 0 Å². The maximum atomic E-state index is 10.5. The predicted molar refractivity (Wildman–Crippen MR) is 34.7 cm³/mol. The van der Waals surface area contributed by atoms with Gasteiger partial charge < -0.3 is 15.3 Å². The molecule has 0 heterocycles. The van der Waals surface area contributed by atoms with Crippen LogP contribution in [0.5, 0.6) is 0 Å². The van der Waals surface area contributed by atoms with Crippen LogP contribution >= 0.6 is 0 Å². The molecule has 0 amide bonds. The fourth-order valence-corrected chi connectivity index (χ4v) is 0.476. The summed E-state index contributed by atoms with van der Waals surface area (Å²) < 4.78 is 0. The van der Waals surface area contributed by atoms with Crippen molar-refractivity contribution >= 4 is 11.8 Å². The normalized spacial score (nSPS) is 11.2. The van der Waals surface area contributed by atoms with Crippen molar-refractivity contribution in [2.24, 2.45) is 0 Å². The molecule has 11 heavy (non-hydrogen) atoms. The van der Waals surface area contributed by atoms with Crippen LogP contribution in [0.3, 0.4) is 0 Å². The summed E-state index contributed by atoms with van der Waals surface area (Å²) in [5.41, 5.74) is 0. The van der Waals surface area contributed by atoms with Gasteiger partial charge in [0.1, 0.15) is 5.78 Å². The van der Waals surface area contributed by atoms with Gasteiger partial charge in [-0.2, -0.15) is 0 Å². The molecular formula is C6H10O5. The van der Waals surface area contributed by atoms with Crippen molar-refractivity contribution < 1.29 is 24.9 Å². The van der Waals surface area contributed by atoms with Gasteiger partial charge in [0.2, 0.25) is 0 Å². The Hall–Kier alpha value is -0.940. The third kappa shape index (κ3) is 3.10. The second-order valence-electron chi connectivity index (χ2n) is 2.19. The number of Topliss-reactive ketones (excluding diaryl/α,β-unsaturated/α-hetero) is 1. The van der Waals surface area contributed by atoms with Gasteiger partial charge in [0.15, 0.2) is 0 Å². The summed E-state index contributed by atoms with van der Waals surface area (Å²) in [6.07, 6.45) is -0.672. The number of carboxylic acid groups (broad SMARTS) is 1. The van der Waals surface area contributed by atoms with E-state index < -0.39 is 24.0 Å². The van der Waals surface area contributed by atoms with Crippen LogP contribution in [0.4, 0.5) is 0 Å². The van der Waals surface area contributed by atoms with Crippen LogP contribution in [-0.4, -0.2) is 32.9 Å². The SMILES string of the molecule is CCC(=O)CC(O)(O)C(=O)O. The first-order chi connectivity index (χ1) is 4.90. The van der Waals surface area contributed by atoms with Gasteiger partial charge in [-0.05, 0) is 0 Å². The zero-order valence-corrected chi connectivity index (χ0v) is 6.07. The number of aliphatic carboxylic acids is 1. The summed E-state index contributed by atoms with van der Waals surface area (Å²) in [4.78, 5) is 20.6. The van der Waals surface area contributed by atoms with Gasteiger partial charge >= 0.3 is 5.97 Å². The van der Waals surface area contributed by atoms with E-state index in [0.29, 0.717) is 0 Å². The molecule has 0 rings (SSSR count). The van der Waals surface area contributed by atoms with E-state index in [0.717, 1.165) is 0 Å². The van der Waals surface area contributed by atoms with Crippen LogP contribution in [-0.2, 0) is 9.59 Å². The summed E-state index contributed by atoms with van der Waals surface area (Å²) in [6, 6.07) is 0. The Morgan fingerprint density at radius 1 is 1.36 bits per heavy atom. The van der Waals surface area contributed by atoms with Crippen molar-refractivity contribution in [2.75, 3.05) is 0 Å². The Balaban J connectivity index is 4.12. The van der Waals surface area contributed by atoms with Crippen LogP contribution < -0.4 is 0 Å². The zero-order valence-electron chi connectivity index (χ0n) is 6.07. The number of carbonyl (C=O) groups excluding carboxylic acids is 1. The number of aliphatic hydroxyl groups is 2. The maximum Gasteiger partial charge on any atom is 0.364 e. The van der Waals surface area contributed by atoms with Crippen molar-refractivity contribution in [2.45, 2.75) is 25.6 Å². The van der Waals surface area contributed by atoms with Crippen LogP contribution in [0.1, 0.15) is 19.8 Å². The summed E-state index contributed by atoms with van der Waals surface area (Å²) in [6.45, 7) is 1.51. The predicted octanol–water partition coefficient (Wildman–Crippen LogP) is -0.879. The van der Waals surface area contributed by atoms with E-state index in [1.165, 1.54) is 6.92 Å². The molecule has 0 aromatic rings. The van der Waals surface area contributed by atoms with Crippen LogP contribution in [0.25, 0.3) is 0 Å². The lowest BCUT2D eigenvalue weighted by Crippen LogP contribution is -2.40. The molecule has 64 valence electrons. The molecule has 0 aliphatic carbocycles. The minimum Gasteiger partial charge on any atom is -0.477 e. The van der Waals surface area contributed by atoms with Crippen LogP contribution in [0, 0.1) is 0 Å². The van der Waals surface area contributed by atoms with Gasteiger partial charge in [0.25, 0.3) is 5.79 Å². The van der Waals surface area contributed by atoms with Gasteiger partial charge in [-0.3, -0.25) is 4.79 Å².